The van der Waals surface area contributed by atoms with Crippen molar-refractivity contribution in [3.8, 4) is 22.8 Å². The Balaban J connectivity index is 1.29. The first kappa shape index (κ1) is 23.4. The monoisotopic (exact) mass is 516 g/mol. The number of nitrogens with two attached hydrogens (primary N) is 1. The van der Waals surface area contributed by atoms with Gasteiger partial charge in [0.25, 0.3) is 0 Å². The highest BCUT2D eigenvalue weighted by molar-refractivity contribution is 6.30. The summed E-state index contributed by atoms with van der Waals surface area (Å²) in [6, 6.07) is 14.8. The van der Waals surface area contributed by atoms with Gasteiger partial charge in [-0.1, -0.05) is 18.2 Å². The molecule has 2 atom stereocenters. The van der Waals surface area contributed by atoms with E-state index >= 15 is 0 Å². The topological polar surface area (TPSA) is 108 Å². The van der Waals surface area contributed by atoms with Crippen LogP contribution in [0.1, 0.15) is 18.9 Å². The molecule has 2 aliphatic heterocycles. The number of anilines is 1. The standard InChI is InChI=1S/C27H25ClN6O3/c1-2-22(35)33-12-11-27(15-33)13-19(14-36-27)34-26-23(25(29)30-16-31-26)24(32-34)17-3-7-20(8-4-17)37-21-9-5-18(28)6-10-21/h2-10,16,19H,1,11-15H2,(H2,29,30,31). The van der Waals surface area contributed by atoms with Gasteiger partial charge >= 0.3 is 0 Å². The minimum absolute atomic E-state index is 0.0446. The molecule has 2 unspecified atom stereocenters. The van der Waals surface area contributed by atoms with E-state index in [0.29, 0.717) is 58.8 Å². The van der Waals surface area contributed by atoms with Crippen LogP contribution in [0.5, 0.6) is 11.5 Å². The third-order valence-corrected chi connectivity index (χ3v) is 7.29. The Morgan fingerprint density at radius 1 is 1.16 bits per heavy atom. The summed E-state index contributed by atoms with van der Waals surface area (Å²) in [6.45, 7) is 5.28. The Hall–Kier alpha value is -3.95. The van der Waals surface area contributed by atoms with E-state index < -0.39 is 0 Å². The molecule has 2 N–H and O–H groups in total. The molecule has 2 aromatic carbocycles. The van der Waals surface area contributed by atoms with Gasteiger partial charge in [0.2, 0.25) is 5.91 Å². The van der Waals surface area contributed by atoms with Gasteiger partial charge in [-0.15, -0.1) is 0 Å². The Kier molecular flexibility index (Phi) is 5.81. The average molecular weight is 517 g/mol. The molecule has 188 valence electrons. The van der Waals surface area contributed by atoms with Crippen molar-refractivity contribution in [1.82, 2.24) is 24.6 Å². The van der Waals surface area contributed by atoms with Crippen LogP contribution in [0.4, 0.5) is 5.82 Å². The van der Waals surface area contributed by atoms with Gasteiger partial charge in [-0.25, -0.2) is 14.6 Å². The lowest BCUT2D eigenvalue weighted by Gasteiger charge is -2.22. The number of likely N-dealkylation sites (tertiary alicyclic amines) is 1. The number of benzene rings is 2. The summed E-state index contributed by atoms with van der Waals surface area (Å²) in [4.78, 5) is 22.6. The summed E-state index contributed by atoms with van der Waals surface area (Å²) in [5.41, 5.74) is 8.14. The number of amides is 1. The largest absolute Gasteiger partial charge is 0.457 e. The average Bonchev–Trinajstić information content (AvgIpc) is 3.63. The molecular formula is C27H25ClN6O3. The molecule has 4 aromatic rings. The van der Waals surface area contributed by atoms with Gasteiger partial charge in [0.15, 0.2) is 5.65 Å². The second-order valence-corrected chi connectivity index (χ2v) is 9.83. The van der Waals surface area contributed by atoms with E-state index in [1.165, 1.54) is 12.4 Å². The number of ether oxygens (including phenoxy) is 2. The number of halogens is 1. The van der Waals surface area contributed by atoms with Gasteiger partial charge in [0, 0.05) is 23.6 Å². The second-order valence-electron chi connectivity index (χ2n) is 9.40. The van der Waals surface area contributed by atoms with Crippen LogP contribution in [0.2, 0.25) is 5.02 Å². The smallest absolute Gasteiger partial charge is 0.246 e. The molecule has 4 heterocycles. The molecule has 0 saturated carbocycles. The Morgan fingerprint density at radius 3 is 2.62 bits per heavy atom. The van der Waals surface area contributed by atoms with Crippen molar-refractivity contribution < 1.29 is 14.3 Å². The molecule has 37 heavy (non-hydrogen) atoms. The summed E-state index contributed by atoms with van der Waals surface area (Å²) in [5.74, 6) is 1.68. The predicted octanol–water partition coefficient (Wildman–Crippen LogP) is 4.64. The highest BCUT2D eigenvalue weighted by Crippen LogP contribution is 2.42. The zero-order valence-corrected chi connectivity index (χ0v) is 20.8. The quantitative estimate of drug-likeness (QED) is 0.385. The molecule has 0 bridgehead atoms. The molecule has 1 spiro atoms. The molecule has 2 saturated heterocycles. The van der Waals surface area contributed by atoms with E-state index in [1.807, 2.05) is 41.1 Å². The van der Waals surface area contributed by atoms with Crippen LogP contribution < -0.4 is 10.5 Å². The zero-order valence-electron chi connectivity index (χ0n) is 20.0. The summed E-state index contributed by atoms with van der Waals surface area (Å²) < 4.78 is 14.1. The molecule has 9 nitrogen and oxygen atoms in total. The van der Waals surface area contributed by atoms with Crippen molar-refractivity contribution in [2.24, 2.45) is 0 Å². The zero-order chi connectivity index (χ0) is 25.6. The number of rotatable bonds is 5. The molecular weight excluding hydrogens is 492 g/mol. The molecule has 6 rings (SSSR count). The second kappa shape index (κ2) is 9.17. The van der Waals surface area contributed by atoms with Crippen molar-refractivity contribution in [2.75, 3.05) is 25.4 Å². The van der Waals surface area contributed by atoms with Crippen LogP contribution in [0.15, 0.2) is 67.5 Å². The number of carbonyl (C=O) groups is 1. The minimum atomic E-state index is -0.388. The van der Waals surface area contributed by atoms with E-state index in [-0.39, 0.29) is 17.6 Å². The molecule has 2 fully saturated rings. The fourth-order valence-corrected chi connectivity index (χ4v) is 5.32. The van der Waals surface area contributed by atoms with Crippen LogP contribution >= 0.6 is 11.6 Å². The number of fused-ring (bicyclic) bond motifs is 1. The highest BCUT2D eigenvalue weighted by atomic mass is 35.5. The van der Waals surface area contributed by atoms with E-state index in [9.17, 15) is 4.79 Å². The molecule has 1 amide bonds. The van der Waals surface area contributed by atoms with Gasteiger partial charge in [-0.05, 0) is 61.0 Å². The molecule has 0 aliphatic carbocycles. The fraction of sp³-hybridized carbons (Fsp3) is 0.259. The fourth-order valence-electron chi connectivity index (χ4n) is 5.20. The number of carbonyl (C=O) groups excluding carboxylic acids is 1. The predicted molar refractivity (Wildman–Crippen MR) is 140 cm³/mol. The van der Waals surface area contributed by atoms with E-state index in [1.54, 1.807) is 17.0 Å². The van der Waals surface area contributed by atoms with E-state index in [0.717, 1.165) is 18.4 Å². The molecule has 0 radical (unpaired) electrons. The number of nitrogen functional groups attached to an aromatic ring is 1. The van der Waals surface area contributed by atoms with Gasteiger partial charge < -0.3 is 20.1 Å². The van der Waals surface area contributed by atoms with Gasteiger partial charge in [-0.3, -0.25) is 4.79 Å². The number of hydrogen-bond acceptors (Lipinski definition) is 7. The first-order valence-corrected chi connectivity index (χ1v) is 12.4. The third kappa shape index (κ3) is 4.30. The highest BCUT2D eigenvalue weighted by Gasteiger charge is 2.47. The van der Waals surface area contributed by atoms with Gasteiger partial charge in [0.1, 0.15) is 29.3 Å². The first-order chi connectivity index (χ1) is 17.9. The Bertz CT molecular complexity index is 1490. The molecule has 2 aliphatic rings. The maximum atomic E-state index is 12.1. The van der Waals surface area contributed by atoms with Gasteiger partial charge in [-0.2, -0.15) is 5.10 Å². The first-order valence-electron chi connectivity index (χ1n) is 12.0. The lowest BCUT2D eigenvalue weighted by Crippen LogP contribution is -2.35. The van der Waals surface area contributed by atoms with Crippen molar-refractivity contribution in [3.05, 3.63) is 72.5 Å². The van der Waals surface area contributed by atoms with Crippen molar-refractivity contribution in [3.63, 3.8) is 0 Å². The number of nitrogens with zero attached hydrogens (tertiary/aromatic N) is 5. The van der Waals surface area contributed by atoms with Crippen LogP contribution in [-0.2, 0) is 9.53 Å². The van der Waals surface area contributed by atoms with Crippen LogP contribution in [0, 0.1) is 0 Å². The lowest BCUT2D eigenvalue weighted by atomic mass is 9.97. The summed E-state index contributed by atoms with van der Waals surface area (Å²) in [7, 11) is 0. The Labute approximate surface area is 218 Å². The van der Waals surface area contributed by atoms with Crippen molar-refractivity contribution in [2.45, 2.75) is 24.5 Å². The molecule has 10 heteroatoms. The van der Waals surface area contributed by atoms with Crippen LogP contribution in [0.25, 0.3) is 22.3 Å². The number of aromatic nitrogens is 4. The molecule has 2 aromatic heterocycles. The maximum Gasteiger partial charge on any atom is 0.246 e. The summed E-state index contributed by atoms with van der Waals surface area (Å²) >= 11 is 5.96. The normalized spacial score (nSPS) is 21.1. The summed E-state index contributed by atoms with van der Waals surface area (Å²) in [5, 5.41) is 6.30. The van der Waals surface area contributed by atoms with Crippen LogP contribution in [-0.4, -0.2) is 55.9 Å². The number of hydrogen-bond donors (Lipinski definition) is 1. The van der Waals surface area contributed by atoms with Crippen molar-refractivity contribution >= 4 is 34.4 Å². The Morgan fingerprint density at radius 2 is 1.89 bits per heavy atom. The van der Waals surface area contributed by atoms with Gasteiger partial charge in [0.05, 0.1) is 30.2 Å². The lowest BCUT2D eigenvalue weighted by molar-refractivity contribution is -0.126. The van der Waals surface area contributed by atoms with Crippen LogP contribution in [0.3, 0.4) is 0 Å². The van der Waals surface area contributed by atoms with Crippen molar-refractivity contribution in [1.29, 1.82) is 0 Å². The minimum Gasteiger partial charge on any atom is -0.457 e. The maximum absolute atomic E-state index is 12.1. The third-order valence-electron chi connectivity index (χ3n) is 7.03. The summed E-state index contributed by atoms with van der Waals surface area (Å²) in [6.07, 6.45) is 4.31. The van der Waals surface area contributed by atoms with E-state index in [4.69, 9.17) is 31.9 Å². The SMILES string of the molecule is C=CC(=O)N1CCC2(CC(n3nc(-c4ccc(Oc5ccc(Cl)cc5)cc4)c4c(N)ncnc43)CO2)C1. The van der Waals surface area contributed by atoms with E-state index in [2.05, 4.69) is 16.5 Å².